The van der Waals surface area contributed by atoms with E-state index in [1.807, 2.05) is 30.3 Å². The Morgan fingerprint density at radius 1 is 1.18 bits per heavy atom. The Morgan fingerprint density at radius 2 is 1.94 bits per heavy atom. The predicted molar refractivity (Wildman–Crippen MR) is 62.1 cm³/mol. The van der Waals surface area contributed by atoms with Crippen molar-refractivity contribution in [2.75, 3.05) is 6.61 Å². The van der Waals surface area contributed by atoms with Crippen LogP contribution >= 0.6 is 0 Å². The van der Waals surface area contributed by atoms with Gasteiger partial charge in [0.25, 0.3) is 0 Å². The van der Waals surface area contributed by atoms with Gasteiger partial charge in [-0.2, -0.15) is 0 Å². The van der Waals surface area contributed by atoms with Crippen molar-refractivity contribution in [1.82, 2.24) is 0 Å². The highest BCUT2D eigenvalue weighted by atomic mass is 16.5. The molecule has 0 unspecified atom stereocenters. The Labute approximate surface area is 100 Å². The Kier molecular flexibility index (Phi) is 4.14. The van der Waals surface area contributed by atoms with Gasteiger partial charge in [0, 0.05) is 0 Å². The average molecular weight is 236 g/mol. The summed E-state index contributed by atoms with van der Waals surface area (Å²) < 4.78 is 10.6. The second-order valence-electron chi connectivity index (χ2n) is 3.98. The van der Waals surface area contributed by atoms with Crippen molar-refractivity contribution in [3.63, 3.8) is 0 Å². The molecule has 3 atom stereocenters. The Balaban J connectivity index is 1.77. The van der Waals surface area contributed by atoms with Crippen LogP contribution in [0.1, 0.15) is 5.56 Å². The maximum atomic E-state index is 9.63. The lowest BCUT2D eigenvalue weighted by molar-refractivity contribution is -0.0952. The highest BCUT2D eigenvalue weighted by molar-refractivity contribution is 5.13. The Bertz CT molecular complexity index is 363. The van der Waals surface area contributed by atoms with Crippen molar-refractivity contribution in [3.8, 4) is 0 Å². The lowest BCUT2D eigenvalue weighted by Gasteiger charge is -2.28. The van der Waals surface area contributed by atoms with E-state index < -0.39 is 18.3 Å². The average Bonchev–Trinajstić information content (AvgIpc) is 2.36. The smallest absolute Gasteiger partial charge is 0.150 e. The van der Waals surface area contributed by atoms with E-state index in [9.17, 15) is 10.2 Å². The van der Waals surface area contributed by atoms with E-state index in [-0.39, 0.29) is 6.61 Å². The molecular weight excluding hydrogens is 220 g/mol. The number of aliphatic hydroxyl groups excluding tert-OH is 2. The first-order valence-electron chi connectivity index (χ1n) is 5.57. The third-order valence-corrected chi connectivity index (χ3v) is 2.65. The molecule has 4 nitrogen and oxygen atoms in total. The summed E-state index contributed by atoms with van der Waals surface area (Å²) in [4.78, 5) is 0. The zero-order valence-corrected chi connectivity index (χ0v) is 9.40. The molecule has 0 saturated heterocycles. The molecule has 2 rings (SSSR count). The van der Waals surface area contributed by atoms with Crippen molar-refractivity contribution in [3.05, 3.63) is 48.2 Å². The van der Waals surface area contributed by atoms with Gasteiger partial charge in [-0.25, -0.2) is 0 Å². The van der Waals surface area contributed by atoms with Crippen molar-refractivity contribution in [2.45, 2.75) is 24.9 Å². The summed E-state index contributed by atoms with van der Waals surface area (Å²) in [6.07, 6.45) is 0.482. The molecule has 0 fully saturated rings. The number of rotatable bonds is 4. The Hall–Kier alpha value is -1.36. The molecule has 0 aromatic heterocycles. The van der Waals surface area contributed by atoms with E-state index in [0.29, 0.717) is 6.61 Å². The fourth-order valence-corrected chi connectivity index (χ4v) is 1.65. The van der Waals surface area contributed by atoms with Crippen molar-refractivity contribution in [1.29, 1.82) is 0 Å². The predicted octanol–water partition coefficient (Wildman–Crippen LogP) is 0.837. The van der Waals surface area contributed by atoms with E-state index in [1.165, 1.54) is 12.3 Å². The minimum Gasteiger partial charge on any atom is -0.493 e. The van der Waals surface area contributed by atoms with E-state index >= 15 is 0 Å². The minimum absolute atomic E-state index is 0.247. The first kappa shape index (κ1) is 12.1. The zero-order chi connectivity index (χ0) is 12.1. The van der Waals surface area contributed by atoms with Gasteiger partial charge in [-0.05, 0) is 11.6 Å². The van der Waals surface area contributed by atoms with Crippen molar-refractivity contribution < 1.29 is 19.7 Å². The molecule has 0 saturated carbocycles. The number of hydrogen-bond donors (Lipinski definition) is 2. The van der Waals surface area contributed by atoms with Gasteiger partial charge in [-0.1, -0.05) is 30.3 Å². The first-order valence-corrected chi connectivity index (χ1v) is 5.57. The fraction of sp³-hybridized carbons (Fsp3) is 0.385. The summed E-state index contributed by atoms with van der Waals surface area (Å²) >= 11 is 0. The summed E-state index contributed by atoms with van der Waals surface area (Å²) in [6.45, 7) is 0.713. The highest BCUT2D eigenvalue weighted by Gasteiger charge is 2.28. The van der Waals surface area contributed by atoms with Crippen LogP contribution in [0.4, 0.5) is 0 Å². The number of benzene rings is 1. The normalized spacial score (nSPS) is 27.8. The van der Waals surface area contributed by atoms with Gasteiger partial charge in [0.1, 0.15) is 18.3 Å². The van der Waals surface area contributed by atoms with Crippen LogP contribution < -0.4 is 0 Å². The van der Waals surface area contributed by atoms with E-state index in [2.05, 4.69) is 0 Å². The lowest BCUT2D eigenvalue weighted by Crippen LogP contribution is -2.42. The molecule has 0 radical (unpaired) electrons. The Morgan fingerprint density at radius 3 is 2.71 bits per heavy atom. The largest absolute Gasteiger partial charge is 0.493 e. The van der Waals surface area contributed by atoms with E-state index in [0.717, 1.165) is 5.56 Å². The van der Waals surface area contributed by atoms with Gasteiger partial charge < -0.3 is 19.7 Å². The molecule has 0 aliphatic carbocycles. The van der Waals surface area contributed by atoms with Crippen LogP contribution in [0.25, 0.3) is 0 Å². The van der Waals surface area contributed by atoms with Crippen LogP contribution in [0.5, 0.6) is 0 Å². The maximum Gasteiger partial charge on any atom is 0.150 e. The van der Waals surface area contributed by atoms with Crippen LogP contribution in [-0.4, -0.2) is 35.1 Å². The fourth-order valence-electron chi connectivity index (χ4n) is 1.65. The summed E-state index contributed by atoms with van der Waals surface area (Å²) in [5, 5.41) is 19.0. The molecule has 2 N–H and O–H groups in total. The molecule has 92 valence electrons. The van der Waals surface area contributed by atoms with Gasteiger partial charge in [-0.3, -0.25) is 0 Å². The third kappa shape index (κ3) is 3.30. The number of hydrogen-bond acceptors (Lipinski definition) is 4. The summed E-state index contributed by atoms with van der Waals surface area (Å²) in [7, 11) is 0. The molecule has 1 aliphatic heterocycles. The van der Waals surface area contributed by atoms with Crippen LogP contribution in [0.15, 0.2) is 42.7 Å². The van der Waals surface area contributed by atoms with Crippen LogP contribution in [-0.2, 0) is 16.1 Å². The van der Waals surface area contributed by atoms with Gasteiger partial charge in [0.05, 0.1) is 19.5 Å². The molecule has 0 bridgehead atoms. The SMILES string of the molecule is O[C@H]1[C@H](O)C=CO[C@@H]1COCc1ccccc1. The zero-order valence-electron chi connectivity index (χ0n) is 9.40. The van der Waals surface area contributed by atoms with Gasteiger partial charge in [0.15, 0.2) is 0 Å². The number of aliphatic hydroxyl groups is 2. The van der Waals surface area contributed by atoms with Crippen LogP contribution in [0.2, 0.25) is 0 Å². The molecule has 0 spiro atoms. The van der Waals surface area contributed by atoms with Gasteiger partial charge in [-0.15, -0.1) is 0 Å². The summed E-state index contributed by atoms with van der Waals surface area (Å²) in [6, 6.07) is 9.76. The molecule has 17 heavy (non-hydrogen) atoms. The molecule has 1 heterocycles. The molecule has 1 aromatic carbocycles. The first-order chi connectivity index (χ1) is 8.27. The van der Waals surface area contributed by atoms with E-state index in [1.54, 1.807) is 0 Å². The topological polar surface area (TPSA) is 58.9 Å². The summed E-state index contributed by atoms with van der Waals surface area (Å²) in [5.74, 6) is 0. The quantitative estimate of drug-likeness (QED) is 0.813. The number of ether oxygens (including phenoxy) is 2. The molecule has 4 heteroatoms. The van der Waals surface area contributed by atoms with Crippen LogP contribution in [0.3, 0.4) is 0 Å². The van der Waals surface area contributed by atoms with Gasteiger partial charge in [0.2, 0.25) is 0 Å². The van der Waals surface area contributed by atoms with E-state index in [4.69, 9.17) is 9.47 Å². The second-order valence-corrected chi connectivity index (χ2v) is 3.98. The highest BCUT2D eigenvalue weighted by Crippen LogP contribution is 2.13. The standard InChI is InChI=1S/C13H16O4/c14-11-6-7-17-12(13(11)15)9-16-8-10-4-2-1-3-5-10/h1-7,11-15H,8-9H2/t11-,12-,13+/m1/s1. The molecule has 0 amide bonds. The van der Waals surface area contributed by atoms with Crippen LogP contribution in [0, 0.1) is 0 Å². The minimum atomic E-state index is -0.934. The third-order valence-electron chi connectivity index (χ3n) is 2.65. The monoisotopic (exact) mass is 236 g/mol. The lowest BCUT2D eigenvalue weighted by atomic mass is 10.1. The molecule has 1 aromatic rings. The van der Waals surface area contributed by atoms with Crippen molar-refractivity contribution in [2.24, 2.45) is 0 Å². The van der Waals surface area contributed by atoms with Gasteiger partial charge >= 0.3 is 0 Å². The summed E-state index contributed by atoms with van der Waals surface area (Å²) in [5.41, 5.74) is 1.06. The maximum absolute atomic E-state index is 9.63. The molecular formula is C13H16O4. The second kappa shape index (κ2) is 5.82. The van der Waals surface area contributed by atoms with Crippen molar-refractivity contribution >= 4 is 0 Å². The molecule has 1 aliphatic rings.